The predicted molar refractivity (Wildman–Crippen MR) is 71.3 cm³/mol. The lowest BCUT2D eigenvalue weighted by Crippen LogP contribution is -2.14. The second kappa shape index (κ2) is 4.46. The van der Waals surface area contributed by atoms with E-state index in [9.17, 15) is 18.5 Å². The number of aryl methyl sites for hydroxylation is 1. The number of hydrogen-bond donors (Lipinski definition) is 0. The van der Waals surface area contributed by atoms with E-state index in [1.165, 1.54) is 0 Å². The molecule has 2 rings (SSSR count). The molecule has 1 aromatic carbocycles. The summed E-state index contributed by atoms with van der Waals surface area (Å²) in [5.41, 5.74) is 0.455. The van der Waals surface area contributed by atoms with Gasteiger partial charge in [-0.25, -0.2) is 8.42 Å². The maximum atomic E-state index is 11.7. The zero-order chi connectivity index (χ0) is 14.3. The summed E-state index contributed by atoms with van der Waals surface area (Å²) in [6.07, 6.45) is 2.45. The number of nitrogens with zero attached hydrogens (tertiary/aromatic N) is 1. The van der Waals surface area contributed by atoms with E-state index in [0.29, 0.717) is 6.29 Å². The fourth-order valence-electron chi connectivity index (χ4n) is 2.69. The number of sulfone groups is 1. The van der Waals surface area contributed by atoms with Gasteiger partial charge in [-0.2, -0.15) is 5.26 Å². The Labute approximate surface area is 113 Å². The molecule has 0 aliphatic heterocycles. The summed E-state index contributed by atoms with van der Waals surface area (Å²) in [6, 6.07) is 9.31. The van der Waals surface area contributed by atoms with E-state index in [1.54, 1.807) is 0 Å². The van der Waals surface area contributed by atoms with Crippen LogP contribution in [0.2, 0.25) is 0 Å². The molecule has 1 aliphatic rings. The molecule has 3 atom stereocenters. The summed E-state index contributed by atoms with van der Waals surface area (Å²) in [5, 5.41) is 8.26. The highest BCUT2D eigenvalue weighted by atomic mass is 32.2. The Kier molecular flexibility index (Phi) is 3.23. The van der Waals surface area contributed by atoms with Crippen molar-refractivity contribution < 1.29 is 13.2 Å². The Bertz CT molecular complexity index is 642. The van der Waals surface area contributed by atoms with Crippen LogP contribution < -0.4 is 0 Å². The summed E-state index contributed by atoms with van der Waals surface area (Å²) in [4.78, 5) is 11.2. The van der Waals surface area contributed by atoms with Crippen LogP contribution in [0.15, 0.2) is 24.3 Å². The first-order chi connectivity index (χ1) is 8.90. The quantitative estimate of drug-likeness (QED) is 0.781. The first-order valence-electron chi connectivity index (χ1n) is 6.06. The van der Waals surface area contributed by atoms with Gasteiger partial charge in [-0.05, 0) is 17.5 Å². The highest BCUT2D eigenvalue weighted by Crippen LogP contribution is 2.61. The molecule has 0 unspecified atom stereocenters. The maximum absolute atomic E-state index is 11.7. The molecular formula is C14H15NO3S. The van der Waals surface area contributed by atoms with E-state index in [-0.39, 0.29) is 0 Å². The minimum atomic E-state index is -3.43. The predicted octanol–water partition coefficient (Wildman–Crippen LogP) is 1.47. The number of carbonyl (C=O) groups excluding carboxylic acids is 1. The maximum Gasteiger partial charge on any atom is 0.153 e. The van der Waals surface area contributed by atoms with Crippen LogP contribution in [0.4, 0.5) is 0 Å². The van der Waals surface area contributed by atoms with Crippen LogP contribution in [0.1, 0.15) is 24.0 Å². The summed E-state index contributed by atoms with van der Waals surface area (Å²) in [5.74, 6) is -0.545. The molecule has 19 heavy (non-hydrogen) atoms. The molecule has 100 valence electrons. The second-order valence-corrected chi connectivity index (χ2v) is 7.15. The molecule has 0 radical (unpaired) electrons. The lowest BCUT2D eigenvalue weighted by molar-refractivity contribution is -0.110. The summed E-state index contributed by atoms with van der Waals surface area (Å²) in [6.45, 7) is 2.02. The Hall–Kier alpha value is -1.67. The third-order valence-electron chi connectivity index (χ3n) is 3.78. The van der Waals surface area contributed by atoms with E-state index < -0.39 is 26.4 Å². The lowest BCUT2D eigenvalue weighted by atomic mass is 10.0. The fourth-order valence-corrected chi connectivity index (χ4v) is 4.45. The SMILES string of the molecule is CCc1ccc([C@@H]2[C@H](S(C)(=O)=O)[C@]2(C#N)C=O)cc1. The van der Waals surface area contributed by atoms with Crippen LogP contribution in [-0.4, -0.2) is 26.2 Å². The molecular weight excluding hydrogens is 262 g/mol. The van der Waals surface area contributed by atoms with Crippen molar-refractivity contribution in [2.45, 2.75) is 24.5 Å². The lowest BCUT2D eigenvalue weighted by Gasteiger charge is -2.02. The molecule has 0 heterocycles. The Morgan fingerprint density at radius 2 is 1.95 bits per heavy atom. The number of rotatable bonds is 4. The van der Waals surface area contributed by atoms with Crippen molar-refractivity contribution in [1.82, 2.24) is 0 Å². The van der Waals surface area contributed by atoms with Gasteiger partial charge in [-0.3, -0.25) is 0 Å². The van der Waals surface area contributed by atoms with Crippen molar-refractivity contribution in [3.05, 3.63) is 35.4 Å². The van der Waals surface area contributed by atoms with Gasteiger partial charge in [0.2, 0.25) is 0 Å². The Morgan fingerprint density at radius 1 is 1.37 bits per heavy atom. The molecule has 0 N–H and O–H groups in total. The molecule has 4 nitrogen and oxygen atoms in total. The third-order valence-corrected chi connectivity index (χ3v) is 5.36. The van der Waals surface area contributed by atoms with Crippen molar-refractivity contribution in [1.29, 1.82) is 5.26 Å². The first-order valence-corrected chi connectivity index (χ1v) is 8.01. The highest BCUT2D eigenvalue weighted by molar-refractivity contribution is 7.91. The molecule has 0 spiro atoms. The van der Waals surface area contributed by atoms with Crippen molar-refractivity contribution in [2.24, 2.45) is 5.41 Å². The topological polar surface area (TPSA) is 75.0 Å². The van der Waals surface area contributed by atoms with Crippen molar-refractivity contribution >= 4 is 16.1 Å². The number of aldehydes is 1. The van der Waals surface area contributed by atoms with Crippen molar-refractivity contribution in [3.8, 4) is 6.07 Å². The van der Waals surface area contributed by atoms with E-state index in [0.717, 1.165) is 23.8 Å². The minimum Gasteiger partial charge on any atom is -0.302 e. The van der Waals surface area contributed by atoms with Crippen LogP contribution in [-0.2, 0) is 21.1 Å². The first kappa shape index (κ1) is 13.8. The average molecular weight is 277 g/mol. The van der Waals surface area contributed by atoms with Gasteiger partial charge in [0.1, 0.15) is 11.7 Å². The van der Waals surface area contributed by atoms with Gasteiger partial charge in [0.05, 0.1) is 11.3 Å². The zero-order valence-electron chi connectivity index (χ0n) is 10.8. The second-order valence-electron chi connectivity index (χ2n) is 4.99. The number of hydrogen-bond acceptors (Lipinski definition) is 4. The molecule has 1 fully saturated rings. The van der Waals surface area contributed by atoms with Crippen LogP contribution in [0.25, 0.3) is 0 Å². The van der Waals surface area contributed by atoms with Gasteiger partial charge in [-0.15, -0.1) is 0 Å². The van der Waals surface area contributed by atoms with Crippen molar-refractivity contribution in [2.75, 3.05) is 6.26 Å². The number of nitriles is 1. The van der Waals surface area contributed by atoms with Crippen molar-refractivity contribution in [3.63, 3.8) is 0 Å². The molecule has 0 aromatic heterocycles. The van der Waals surface area contributed by atoms with Crippen LogP contribution in [0, 0.1) is 16.7 Å². The highest BCUT2D eigenvalue weighted by Gasteiger charge is 2.71. The Balaban J connectivity index is 2.44. The van der Waals surface area contributed by atoms with E-state index >= 15 is 0 Å². The van der Waals surface area contributed by atoms with Crippen LogP contribution >= 0.6 is 0 Å². The number of benzene rings is 1. The van der Waals surface area contributed by atoms with Gasteiger partial charge in [0.25, 0.3) is 0 Å². The Morgan fingerprint density at radius 3 is 2.26 bits per heavy atom. The summed E-state index contributed by atoms with van der Waals surface area (Å²) >= 11 is 0. The zero-order valence-corrected chi connectivity index (χ0v) is 11.6. The fraction of sp³-hybridized carbons (Fsp3) is 0.429. The molecule has 1 aromatic rings. The molecule has 5 heteroatoms. The van der Waals surface area contributed by atoms with Crippen LogP contribution in [0.3, 0.4) is 0 Å². The van der Waals surface area contributed by atoms with E-state index in [1.807, 2.05) is 37.3 Å². The van der Waals surface area contributed by atoms with E-state index in [4.69, 9.17) is 0 Å². The van der Waals surface area contributed by atoms with Crippen LogP contribution in [0.5, 0.6) is 0 Å². The van der Waals surface area contributed by atoms with Gasteiger partial charge < -0.3 is 4.79 Å². The van der Waals surface area contributed by atoms with Gasteiger partial charge >= 0.3 is 0 Å². The van der Waals surface area contributed by atoms with Gasteiger partial charge in [-0.1, -0.05) is 31.2 Å². The molecule has 0 saturated heterocycles. The molecule has 0 amide bonds. The van der Waals surface area contributed by atoms with Gasteiger partial charge in [0.15, 0.2) is 9.84 Å². The van der Waals surface area contributed by atoms with E-state index in [2.05, 4.69) is 0 Å². The normalized spacial score (nSPS) is 29.5. The summed E-state index contributed by atoms with van der Waals surface area (Å²) in [7, 11) is -3.43. The molecule has 0 bridgehead atoms. The van der Waals surface area contributed by atoms with Gasteiger partial charge in [0, 0.05) is 12.2 Å². The average Bonchev–Trinajstić information content (AvgIpc) is 3.09. The largest absolute Gasteiger partial charge is 0.302 e. The smallest absolute Gasteiger partial charge is 0.153 e. The third kappa shape index (κ3) is 2.06. The molecule has 1 aliphatic carbocycles. The summed E-state index contributed by atoms with van der Waals surface area (Å²) < 4.78 is 23.4. The monoisotopic (exact) mass is 277 g/mol. The number of carbonyl (C=O) groups is 1. The minimum absolute atomic E-state index is 0.483. The standard InChI is InChI=1S/C14H15NO3S/c1-3-10-4-6-11(7-5-10)12-13(19(2,17)18)14(12,8-15)9-16/h4-7,9,12-13H,3H2,1-2H3/t12-,13+,14-/m1/s1. The molecule has 1 saturated carbocycles.